The van der Waals surface area contributed by atoms with E-state index >= 15 is 0 Å². The lowest BCUT2D eigenvalue weighted by molar-refractivity contribution is -0.139. The van der Waals surface area contributed by atoms with Crippen molar-refractivity contribution >= 4 is 34.6 Å². The molecule has 0 fully saturated rings. The largest absolute Gasteiger partial charge is 0.462 e. The van der Waals surface area contributed by atoms with E-state index in [0.717, 1.165) is 33.0 Å². The zero-order chi connectivity index (χ0) is 35.6. The summed E-state index contributed by atoms with van der Waals surface area (Å²) in [6.07, 6.45) is 1.05. The first-order chi connectivity index (χ1) is 24.0. The van der Waals surface area contributed by atoms with Gasteiger partial charge in [-0.1, -0.05) is 67.8 Å². The third-order valence-electron chi connectivity index (χ3n) is 7.74. The molecule has 0 atom stereocenters. The van der Waals surface area contributed by atoms with Crippen molar-refractivity contribution in [2.24, 2.45) is 0 Å². The standard InChI is InChI=1S/C42H36O8/c1-27(2)39(43)47-23-21-29-5-9-32(10-6-29)41(45)49-37-18-15-31(16-19-37)34-13-14-36-26-38(20-17-35(36)25-34)50-42(46)33-11-7-30(8-12-33)22-24-48-40(44)28(3)4/h5-20,25-26H,1,3,21-24H2,2,4H3. The van der Waals surface area contributed by atoms with E-state index in [2.05, 4.69) is 13.2 Å². The van der Waals surface area contributed by atoms with Crippen molar-refractivity contribution in [1.82, 2.24) is 0 Å². The molecule has 0 amide bonds. The summed E-state index contributed by atoms with van der Waals surface area (Å²) < 4.78 is 21.5. The Balaban J connectivity index is 1.14. The summed E-state index contributed by atoms with van der Waals surface area (Å²) in [5.41, 5.74) is 5.28. The summed E-state index contributed by atoms with van der Waals surface area (Å²) in [7, 11) is 0. The van der Waals surface area contributed by atoms with E-state index in [1.807, 2.05) is 42.5 Å². The van der Waals surface area contributed by atoms with Gasteiger partial charge >= 0.3 is 23.9 Å². The van der Waals surface area contributed by atoms with Crippen molar-refractivity contribution < 1.29 is 38.1 Å². The topological polar surface area (TPSA) is 105 Å². The maximum atomic E-state index is 12.8. The van der Waals surface area contributed by atoms with Crippen LogP contribution in [-0.4, -0.2) is 37.1 Å². The summed E-state index contributed by atoms with van der Waals surface area (Å²) in [4.78, 5) is 48.6. The highest BCUT2D eigenvalue weighted by molar-refractivity contribution is 5.93. The van der Waals surface area contributed by atoms with Crippen molar-refractivity contribution in [3.63, 3.8) is 0 Å². The highest BCUT2D eigenvalue weighted by atomic mass is 16.5. The molecule has 5 aromatic rings. The summed E-state index contributed by atoms with van der Waals surface area (Å²) in [5.74, 6) is -0.957. The molecule has 0 aliphatic carbocycles. The first-order valence-electron chi connectivity index (χ1n) is 16.0. The highest BCUT2D eigenvalue weighted by Crippen LogP contribution is 2.29. The van der Waals surface area contributed by atoms with Crippen LogP contribution >= 0.6 is 0 Å². The molecular formula is C42H36O8. The minimum atomic E-state index is -0.476. The first-order valence-corrected chi connectivity index (χ1v) is 16.0. The molecular weight excluding hydrogens is 632 g/mol. The normalized spacial score (nSPS) is 10.6. The molecule has 0 aromatic heterocycles. The fourth-order valence-corrected chi connectivity index (χ4v) is 4.90. The van der Waals surface area contributed by atoms with Crippen molar-refractivity contribution in [2.45, 2.75) is 26.7 Å². The molecule has 0 unspecified atom stereocenters. The smallest absolute Gasteiger partial charge is 0.343 e. The maximum absolute atomic E-state index is 12.8. The van der Waals surface area contributed by atoms with E-state index in [-0.39, 0.29) is 13.2 Å². The minimum absolute atomic E-state index is 0.229. The fourth-order valence-electron chi connectivity index (χ4n) is 4.90. The Hall–Kier alpha value is -6.28. The monoisotopic (exact) mass is 668 g/mol. The Morgan fingerprint density at radius 1 is 0.500 bits per heavy atom. The molecule has 0 bridgehead atoms. The van der Waals surface area contributed by atoms with Crippen LogP contribution in [0.5, 0.6) is 11.5 Å². The van der Waals surface area contributed by atoms with Gasteiger partial charge in [0.2, 0.25) is 0 Å². The van der Waals surface area contributed by atoms with Crippen LogP contribution in [0.4, 0.5) is 0 Å². The van der Waals surface area contributed by atoms with Gasteiger partial charge in [0, 0.05) is 24.0 Å². The van der Waals surface area contributed by atoms with Crippen LogP contribution < -0.4 is 9.47 Å². The van der Waals surface area contributed by atoms with Crippen molar-refractivity contribution in [3.8, 4) is 22.6 Å². The number of hydrogen-bond donors (Lipinski definition) is 0. The SMILES string of the molecule is C=C(C)C(=O)OCCc1ccc(C(=O)Oc2ccc(-c3ccc4cc(OC(=O)c5ccc(CCOC(=O)C(=C)C)cc5)ccc4c3)cc2)cc1. The molecule has 252 valence electrons. The molecule has 8 nitrogen and oxygen atoms in total. The number of ether oxygens (including phenoxy) is 4. The predicted octanol–water partition coefficient (Wildman–Crippen LogP) is 8.27. The highest BCUT2D eigenvalue weighted by Gasteiger charge is 2.12. The minimum Gasteiger partial charge on any atom is -0.462 e. The van der Waals surface area contributed by atoms with Gasteiger partial charge in [0.1, 0.15) is 11.5 Å². The lowest BCUT2D eigenvalue weighted by atomic mass is 10.0. The van der Waals surface area contributed by atoms with Gasteiger partial charge in [-0.3, -0.25) is 0 Å². The molecule has 0 spiro atoms. The molecule has 5 aromatic carbocycles. The van der Waals surface area contributed by atoms with Crippen molar-refractivity contribution in [2.75, 3.05) is 13.2 Å². The number of esters is 4. The van der Waals surface area contributed by atoms with Gasteiger partial charge in [0.15, 0.2) is 0 Å². The molecule has 5 rings (SSSR count). The van der Waals surface area contributed by atoms with Gasteiger partial charge in [-0.2, -0.15) is 0 Å². The van der Waals surface area contributed by atoms with Crippen LogP contribution in [-0.2, 0) is 31.9 Å². The van der Waals surface area contributed by atoms with Gasteiger partial charge in [-0.05, 0) is 101 Å². The van der Waals surface area contributed by atoms with Crippen molar-refractivity contribution in [3.05, 3.63) is 156 Å². The van der Waals surface area contributed by atoms with E-state index in [1.165, 1.54) is 0 Å². The van der Waals surface area contributed by atoms with E-state index in [0.29, 0.717) is 46.6 Å². The molecule has 50 heavy (non-hydrogen) atoms. The lowest BCUT2D eigenvalue weighted by Crippen LogP contribution is -2.09. The van der Waals surface area contributed by atoms with Crippen LogP contribution in [0, 0.1) is 0 Å². The third kappa shape index (κ3) is 9.41. The van der Waals surface area contributed by atoms with Crippen LogP contribution in [0.2, 0.25) is 0 Å². The number of fused-ring (bicyclic) bond motifs is 1. The van der Waals surface area contributed by atoms with Crippen LogP contribution in [0.3, 0.4) is 0 Å². The van der Waals surface area contributed by atoms with Gasteiger partial charge in [0.25, 0.3) is 0 Å². The second-order valence-corrected chi connectivity index (χ2v) is 11.8. The third-order valence-corrected chi connectivity index (χ3v) is 7.74. The zero-order valence-electron chi connectivity index (χ0n) is 27.9. The Labute approximate surface area is 290 Å². The second kappa shape index (κ2) is 16.2. The Morgan fingerprint density at radius 3 is 1.42 bits per heavy atom. The number of carbonyl (C=O) groups excluding carboxylic acids is 4. The second-order valence-electron chi connectivity index (χ2n) is 11.8. The van der Waals surface area contributed by atoms with E-state index in [9.17, 15) is 19.2 Å². The lowest BCUT2D eigenvalue weighted by Gasteiger charge is -2.09. The first kappa shape index (κ1) is 35.0. The van der Waals surface area contributed by atoms with E-state index < -0.39 is 23.9 Å². The molecule has 0 N–H and O–H groups in total. The number of hydrogen-bond acceptors (Lipinski definition) is 8. The van der Waals surface area contributed by atoms with Crippen molar-refractivity contribution in [1.29, 1.82) is 0 Å². The molecule has 0 aliphatic rings. The van der Waals surface area contributed by atoms with Gasteiger partial charge in [-0.25, -0.2) is 19.2 Å². The number of rotatable bonds is 13. The average Bonchev–Trinajstić information content (AvgIpc) is 3.12. The van der Waals surface area contributed by atoms with E-state index in [4.69, 9.17) is 18.9 Å². The van der Waals surface area contributed by atoms with Gasteiger partial charge in [-0.15, -0.1) is 0 Å². The maximum Gasteiger partial charge on any atom is 0.343 e. The summed E-state index contributed by atoms with van der Waals surface area (Å²) in [6.45, 7) is 10.8. The average molecular weight is 669 g/mol. The number of benzene rings is 5. The summed E-state index contributed by atoms with van der Waals surface area (Å²) in [6, 6.07) is 32.6. The quantitative estimate of drug-likeness (QED) is 0.0702. The predicted molar refractivity (Wildman–Crippen MR) is 191 cm³/mol. The van der Waals surface area contributed by atoms with Crippen LogP contribution in [0.25, 0.3) is 21.9 Å². The molecule has 0 heterocycles. The Morgan fingerprint density at radius 2 is 0.920 bits per heavy atom. The molecule has 8 heteroatoms. The number of carbonyl (C=O) groups is 4. The molecule has 0 saturated carbocycles. The zero-order valence-corrected chi connectivity index (χ0v) is 27.9. The van der Waals surface area contributed by atoms with E-state index in [1.54, 1.807) is 80.6 Å². The molecule has 0 radical (unpaired) electrons. The summed E-state index contributed by atoms with van der Waals surface area (Å²) in [5, 5.41) is 1.87. The molecule has 0 aliphatic heterocycles. The van der Waals surface area contributed by atoms with Crippen LogP contribution in [0.1, 0.15) is 45.7 Å². The molecule has 0 saturated heterocycles. The van der Waals surface area contributed by atoms with Gasteiger partial charge in [0.05, 0.1) is 24.3 Å². The Kier molecular flexibility index (Phi) is 11.4. The Bertz CT molecular complexity index is 2060. The van der Waals surface area contributed by atoms with Crippen LogP contribution in [0.15, 0.2) is 133 Å². The van der Waals surface area contributed by atoms with Gasteiger partial charge < -0.3 is 18.9 Å². The fraction of sp³-hybridized carbons (Fsp3) is 0.143. The summed E-state index contributed by atoms with van der Waals surface area (Å²) >= 11 is 0.